The van der Waals surface area contributed by atoms with E-state index in [1.54, 1.807) is 0 Å². The zero-order valence-electron chi connectivity index (χ0n) is 15.0. The van der Waals surface area contributed by atoms with Crippen molar-refractivity contribution in [1.82, 2.24) is 0 Å². The molecule has 0 atom stereocenters. The molecule has 0 amide bonds. The third-order valence-electron chi connectivity index (χ3n) is 4.45. The van der Waals surface area contributed by atoms with Crippen molar-refractivity contribution in [3.8, 4) is 0 Å². The lowest BCUT2D eigenvalue weighted by molar-refractivity contribution is -0.697. The third-order valence-corrected chi connectivity index (χ3v) is 4.45. The van der Waals surface area contributed by atoms with Gasteiger partial charge in [-0.25, -0.2) is 9.13 Å². The quantitative estimate of drug-likeness (QED) is 0.287. The summed E-state index contributed by atoms with van der Waals surface area (Å²) in [4.78, 5) is 0. The summed E-state index contributed by atoms with van der Waals surface area (Å²) >= 11 is 0. The Labute approximate surface area is 148 Å². The summed E-state index contributed by atoms with van der Waals surface area (Å²) in [5.74, 6) is 0. The highest BCUT2D eigenvalue weighted by atomic mass is 14.9. The first-order chi connectivity index (χ1) is 11.9. The summed E-state index contributed by atoms with van der Waals surface area (Å²) in [6.45, 7) is 2.31. The molecule has 0 aliphatic heterocycles. The lowest BCUT2D eigenvalue weighted by Crippen LogP contribution is -2.32. The fourth-order valence-corrected chi connectivity index (χ4v) is 3.01. The van der Waals surface area contributed by atoms with Gasteiger partial charge in [-0.05, 0) is 12.8 Å². The van der Waals surface area contributed by atoms with Crippen LogP contribution in [-0.2, 0) is 13.1 Å². The zero-order valence-corrected chi connectivity index (χ0v) is 15.0. The van der Waals surface area contributed by atoms with Gasteiger partial charge in [0.2, 0.25) is 0 Å². The molecule has 2 heterocycles. The Balaban J connectivity index is 1.32. The fraction of sp³-hybridized carbons (Fsp3) is 0.500. The van der Waals surface area contributed by atoms with Crippen LogP contribution < -0.4 is 9.13 Å². The molecule has 0 saturated carbocycles. The molecule has 24 heavy (non-hydrogen) atoms. The summed E-state index contributed by atoms with van der Waals surface area (Å²) in [5.41, 5.74) is 0. The number of nitrogens with zero attached hydrogens (tertiary/aromatic N) is 2. The molecule has 130 valence electrons. The molecule has 0 aliphatic rings. The fourth-order valence-electron chi connectivity index (χ4n) is 3.01. The van der Waals surface area contributed by atoms with E-state index >= 15 is 0 Å². The number of pyridine rings is 2. The second-order valence-corrected chi connectivity index (χ2v) is 6.57. The van der Waals surface area contributed by atoms with E-state index in [0.29, 0.717) is 0 Å². The molecule has 0 aliphatic carbocycles. The van der Waals surface area contributed by atoms with Crippen molar-refractivity contribution in [3.63, 3.8) is 0 Å². The lowest BCUT2D eigenvalue weighted by Gasteiger charge is -2.10. The van der Waals surface area contributed by atoms with E-state index < -0.39 is 0 Å². The minimum absolute atomic E-state index is 1.15. The maximum absolute atomic E-state index is 2.50. The van der Waals surface area contributed by atoms with Gasteiger partial charge in [-0.1, -0.05) is 31.4 Å². The van der Waals surface area contributed by atoms with Gasteiger partial charge < -0.3 is 6.42 Å². The van der Waals surface area contributed by atoms with Gasteiger partial charge in [-0.15, -0.1) is 0 Å². The topological polar surface area (TPSA) is 7.76 Å². The predicted molar refractivity (Wildman–Crippen MR) is 99.1 cm³/mol. The largest absolute Gasteiger partial charge is 0.328 e. The van der Waals surface area contributed by atoms with Crippen molar-refractivity contribution >= 4 is 0 Å². The molecule has 0 saturated heterocycles. The Hall–Kier alpha value is -1.70. The van der Waals surface area contributed by atoms with Crippen molar-refractivity contribution in [2.24, 2.45) is 0 Å². The summed E-state index contributed by atoms with van der Waals surface area (Å²) in [6, 6.07) is 12.6. The molecule has 0 spiro atoms. The summed E-state index contributed by atoms with van der Waals surface area (Å²) in [7, 11) is 0. The Morgan fingerprint density at radius 3 is 1.38 bits per heavy atom. The molecule has 2 aromatic heterocycles. The average Bonchev–Trinajstić information content (AvgIpc) is 2.64. The number of rotatable bonds is 13. The Bertz CT molecular complexity index is 461. The minimum Gasteiger partial charge on any atom is -0.328 e. The Morgan fingerprint density at radius 1 is 0.458 bits per heavy atom. The van der Waals surface area contributed by atoms with Crippen LogP contribution in [0.25, 0.3) is 0 Å². The van der Waals surface area contributed by atoms with E-state index in [9.17, 15) is 0 Å². The van der Waals surface area contributed by atoms with Crippen molar-refractivity contribution in [1.29, 1.82) is 0 Å². The number of unbranched alkanes of at least 4 members (excludes halogenated alkanes) is 9. The molecule has 2 aromatic rings. The van der Waals surface area contributed by atoms with Crippen molar-refractivity contribution in [2.45, 2.75) is 70.9 Å². The number of hydrogen-bond donors (Lipinski definition) is 0. The second-order valence-electron chi connectivity index (χ2n) is 6.57. The molecule has 0 bridgehead atoms. The predicted octanol–water partition coefficient (Wildman–Crippen LogP) is 4.68. The first kappa shape index (κ1) is 18.6. The van der Waals surface area contributed by atoms with Crippen LogP contribution >= 0.6 is 0 Å². The summed E-state index contributed by atoms with van der Waals surface area (Å²) in [6.07, 6.45) is 23.1. The maximum atomic E-state index is 2.50. The first-order valence-corrected chi connectivity index (χ1v) is 9.65. The summed E-state index contributed by atoms with van der Waals surface area (Å²) in [5, 5.41) is 0. The second kappa shape index (κ2) is 12.7. The molecular weight excluding hydrogens is 292 g/mol. The van der Waals surface area contributed by atoms with Gasteiger partial charge >= 0.3 is 0 Å². The van der Waals surface area contributed by atoms with E-state index in [1.807, 2.05) is 0 Å². The van der Waals surface area contributed by atoms with E-state index in [0.717, 1.165) is 13.1 Å². The number of aryl methyl sites for hydroxylation is 2. The SMILES string of the molecule is c1cc[n+](CCCCC[CH-]CCCCCC[n+]2ccccc2)cc1. The summed E-state index contributed by atoms with van der Waals surface area (Å²) < 4.78 is 4.55. The van der Waals surface area contributed by atoms with Gasteiger partial charge in [0.1, 0.15) is 13.1 Å². The number of aromatic nitrogens is 2. The Kier molecular flexibility index (Phi) is 9.85. The van der Waals surface area contributed by atoms with Crippen LogP contribution in [0.2, 0.25) is 0 Å². The average molecular weight is 326 g/mol. The molecule has 0 unspecified atom stereocenters. The molecule has 0 N–H and O–H groups in total. The normalized spacial score (nSPS) is 10.8. The van der Waals surface area contributed by atoms with Crippen LogP contribution in [-0.4, -0.2) is 0 Å². The molecule has 2 rings (SSSR count). The first-order valence-electron chi connectivity index (χ1n) is 9.65. The molecule has 0 radical (unpaired) electrons. The van der Waals surface area contributed by atoms with Crippen LogP contribution in [0, 0.1) is 6.42 Å². The monoisotopic (exact) mass is 325 g/mol. The smallest absolute Gasteiger partial charge is 0.168 e. The van der Waals surface area contributed by atoms with Crippen molar-refractivity contribution < 1.29 is 9.13 Å². The van der Waals surface area contributed by atoms with Crippen molar-refractivity contribution in [3.05, 3.63) is 67.6 Å². The Morgan fingerprint density at radius 2 is 0.875 bits per heavy atom. The number of hydrogen-bond acceptors (Lipinski definition) is 0. The molecule has 0 fully saturated rings. The highest BCUT2D eigenvalue weighted by molar-refractivity contribution is 4.84. The van der Waals surface area contributed by atoms with Gasteiger partial charge in [-0.3, -0.25) is 0 Å². The zero-order chi connectivity index (χ0) is 16.7. The molecular formula is C22H33N2+. The van der Waals surface area contributed by atoms with Crippen molar-refractivity contribution in [2.75, 3.05) is 0 Å². The van der Waals surface area contributed by atoms with E-state index in [2.05, 4.69) is 76.7 Å². The lowest BCUT2D eigenvalue weighted by atomic mass is 10.1. The van der Waals surface area contributed by atoms with Crippen LogP contribution in [0.15, 0.2) is 61.2 Å². The standard InChI is InChI=1S/C22H33N2/c1(3-5-7-11-17-23-19-13-9-14-20-23)2-4-6-8-12-18-24-21-15-10-16-22-24/h1,9-10,13-16,19-22H,2-8,11-12,17-18H2/q+1. The third kappa shape index (κ3) is 8.81. The molecule has 0 aromatic carbocycles. The van der Waals surface area contributed by atoms with E-state index in [-0.39, 0.29) is 0 Å². The molecule has 2 heteroatoms. The highest BCUT2D eigenvalue weighted by Crippen LogP contribution is 2.09. The van der Waals surface area contributed by atoms with E-state index in [4.69, 9.17) is 0 Å². The molecule has 2 nitrogen and oxygen atoms in total. The van der Waals surface area contributed by atoms with Gasteiger partial charge in [0.15, 0.2) is 24.8 Å². The van der Waals surface area contributed by atoms with Crippen LogP contribution in [0.4, 0.5) is 0 Å². The minimum atomic E-state index is 1.15. The highest BCUT2D eigenvalue weighted by Gasteiger charge is 1.97. The van der Waals surface area contributed by atoms with Crippen LogP contribution in [0.3, 0.4) is 0 Å². The maximum Gasteiger partial charge on any atom is 0.168 e. The van der Waals surface area contributed by atoms with E-state index in [1.165, 1.54) is 57.8 Å². The van der Waals surface area contributed by atoms with Gasteiger partial charge in [-0.2, -0.15) is 12.8 Å². The van der Waals surface area contributed by atoms with Gasteiger partial charge in [0, 0.05) is 37.1 Å². The van der Waals surface area contributed by atoms with Crippen LogP contribution in [0.1, 0.15) is 57.8 Å². The van der Waals surface area contributed by atoms with Gasteiger partial charge in [0.25, 0.3) is 0 Å². The van der Waals surface area contributed by atoms with Gasteiger partial charge in [0.05, 0.1) is 0 Å². The van der Waals surface area contributed by atoms with Crippen LogP contribution in [0.5, 0.6) is 0 Å².